The second-order valence-electron chi connectivity index (χ2n) is 2.96. The van der Waals surface area contributed by atoms with E-state index in [1.165, 1.54) is 0 Å². The van der Waals surface area contributed by atoms with Crippen LogP contribution in [0.5, 0.6) is 0 Å². The van der Waals surface area contributed by atoms with Gasteiger partial charge in [-0.15, -0.1) is 0 Å². The van der Waals surface area contributed by atoms with Crippen molar-refractivity contribution < 1.29 is 48.6 Å². The molecule has 0 fully saturated rings. The fraction of sp³-hybridized carbons (Fsp3) is 0.500. The van der Waals surface area contributed by atoms with Crippen LogP contribution in [0.3, 0.4) is 0 Å². The molecule has 98 valence electrons. The van der Waals surface area contributed by atoms with Crippen molar-refractivity contribution in [1.29, 1.82) is 0 Å². The maximum atomic E-state index is 10.7. The van der Waals surface area contributed by atoms with Crippen molar-refractivity contribution in [3.63, 3.8) is 0 Å². The van der Waals surface area contributed by atoms with E-state index in [-0.39, 0.29) is 75.5 Å². The number of hydrogen-bond donors (Lipinski definition) is 1. The topological polar surface area (TPSA) is 190 Å². The summed E-state index contributed by atoms with van der Waals surface area (Å²) in [4.78, 5) is 51.1. The van der Waals surface area contributed by atoms with E-state index in [4.69, 9.17) is 5.11 Å². The molecule has 0 heterocycles. The van der Waals surface area contributed by atoms with Crippen LogP contribution in [0.2, 0.25) is 0 Å². The Morgan fingerprint density at radius 3 is 1.79 bits per heavy atom. The Morgan fingerprint density at radius 2 is 1.53 bits per heavy atom. The fourth-order valence-electron chi connectivity index (χ4n) is 0.841. The van der Waals surface area contributed by atoms with Gasteiger partial charge < -0.3 is 43.8 Å². The predicted octanol–water partition coefficient (Wildman–Crippen LogP) is -6.39. The van der Waals surface area contributed by atoms with Gasteiger partial charge in [-0.2, -0.15) is 0 Å². The Labute approximate surface area is 166 Å². The number of aliphatic hydroxyl groups is 1. The number of phosphoric acid groups is 1. The van der Waals surface area contributed by atoms with E-state index in [0.717, 1.165) is 0 Å². The van der Waals surface area contributed by atoms with Crippen molar-refractivity contribution in [3.8, 4) is 0 Å². The number of carbonyl (C=O) groups excluding carboxylic acids is 3. The predicted molar refractivity (Wildman–Crippen MR) is 49.4 cm³/mol. The summed E-state index contributed by atoms with van der Waals surface area (Å²) in [7, 11) is -5.71. The van der Waals surface area contributed by atoms with Crippen LogP contribution < -0.4 is 20.0 Å². The van der Waals surface area contributed by atoms with Gasteiger partial charge in [0.15, 0.2) is 0 Å². The minimum absolute atomic E-state index is 0. The number of phosphoric ester groups is 1. The maximum Gasteiger partial charge on any atom is 2.00 e. The van der Waals surface area contributed by atoms with Crippen LogP contribution >= 0.6 is 7.82 Å². The molecule has 0 saturated heterocycles. The molecule has 1 atom stereocenters. The first kappa shape index (κ1) is 25.0. The van der Waals surface area contributed by atoms with Gasteiger partial charge in [-0.3, -0.25) is 4.79 Å². The van der Waals surface area contributed by atoms with Crippen LogP contribution in [0.15, 0.2) is 0 Å². The van der Waals surface area contributed by atoms with Gasteiger partial charge in [0.1, 0.15) is 13.4 Å². The summed E-state index contributed by atoms with van der Waals surface area (Å²) >= 11 is 0. The van der Waals surface area contributed by atoms with E-state index in [2.05, 4.69) is 4.52 Å². The molecule has 0 amide bonds. The Bertz CT molecular complexity index is 391. The van der Waals surface area contributed by atoms with Gasteiger partial charge in [0, 0.05) is 12.4 Å². The summed E-state index contributed by atoms with van der Waals surface area (Å²) in [6, 6.07) is 0. The standard InChI is InChI=1S/C6H9O10P.2Ca/c7-3(8)1-6(12,5(10)11)2-4(9)16-17(13,14)15;;/h12H,1-2H2,(H,7,8)(H,10,11)(H2,13,14,15);;/q;2*+2/p-4. The molecule has 0 aliphatic carbocycles. The molecule has 10 nitrogen and oxygen atoms in total. The van der Waals surface area contributed by atoms with Gasteiger partial charge in [-0.25, -0.2) is 0 Å². The number of carbonyl (C=O) groups is 3. The van der Waals surface area contributed by atoms with Crippen LogP contribution in [0.4, 0.5) is 0 Å². The number of hydrogen-bond acceptors (Lipinski definition) is 10. The second-order valence-corrected chi connectivity index (χ2v) is 4.03. The maximum absolute atomic E-state index is 10.7. The van der Waals surface area contributed by atoms with Gasteiger partial charge in [0.2, 0.25) is 0 Å². The van der Waals surface area contributed by atoms with Gasteiger partial charge in [-0.1, -0.05) is 0 Å². The molecule has 0 aromatic heterocycles. The van der Waals surface area contributed by atoms with E-state index in [9.17, 15) is 38.9 Å². The van der Waals surface area contributed by atoms with E-state index in [1.54, 1.807) is 0 Å². The molecule has 0 aliphatic heterocycles. The fourth-order valence-corrected chi connectivity index (χ4v) is 1.16. The van der Waals surface area contributed by atoms with Gasteiger partial charge in [-0.05, 0) is 0 Å². The molecule has 0 spiro atoms. The molecular weight excluding hydrogens is 343 g/mol. The summed E-state index contributed by atoms with van der Waals surface area (Å²) in [5.41, 5.74) is -3.22. The minimum atomic E-state index is -5.71. The van der Waals surface area contributed by atoms with Crippen molar-refractivity contribution in [3.05, 3.63) is 0 Å². The first-order valence-electron chi connectivity index (χ1n) is 3.84. The summed E-state index contributed by atoms with van der Waals surface area (Å²) in [6.45, 7) is 0. The zero-order valence-corrected chi connectivity index (χ0v) is 14.7. The molecule has 1 N–H and O–H groups in total. The van der Waals surface area contributed by atoms with Crippen LogP contribution in [-0.4, -0.2) is 104 Å². The molecule has 0 aliphatic rings. The molecule has 0 saturated carbocycles. The third-order valence-electron chi connectivity index (χ3n) is 1.47. The number of rotatable bonds is 6. The summed E-state index contributed by atoms with van der Waals surface area (Å²) < 4.78 is 13.2. The first-order chi connectivity index (χ1) is 7.46. The third-order valence-corrected chi connectivity index (χ3v) is 1.89. The molecule has 0 aromatic rings. The quantitative estimate of drug-likeness (QED) is 0.356. The van der Waals surface area contributed by atoms with Crippen molar-refractivity contribution in [1.82, 2.24) is 0 Å². The molecule has 1 unspecified atom stereocenters. The SMILES string of the molecule is O=C([O-])CC(O)(CC(=O)OP(=O)([O-])[O-])C(=O)[O-].[Ca+2].[Ca+2]. The van der Waals surface area contributed by atoms with E-state index in [0.29, 0.717) is 0 Å². The van der Waals surface area contributed by atoms with Crippen LogP contribution in [0.1, 0.15) is 12.8 Å². The van der Waals surface area contributed by atoms with Gasteiger partial charge >= 0.3 is 81.4 Å². The van der Waals surface area contributed by atoms with Crippen molar-refractivity contribution >= 4 is 101 Å². The van der Waals surface area contributed by atoms with Crippen LogP contribution in [-0.2, 0) is 23.5 Å². The Hall–Kier alpha value is 1.04. The molecule has 0 rings (SSSR count). The largest absolute Gasteiger partial charge is 2.00 e. The number of carboxylic acid groups (broad SMARTS) is 2. The van der Waals surface area contributed by atoms with E-state index < -0.39 is 44.2 Å². The van der Waals surface area contributed by atoms with Crippen molar-refractivity contribution in [2.24, 2.45) is 0 Å². The Balaban J connectivity index is -0.00000128. The van der Waals surface area contributed by atoms with Crippen molar-refractivity contribution in [2.75, 3.05) is 0 Å². The summed E-state index contributed by atoms with van der Waals surface area (Å²) in [6.07, 6.45) is -3.12. The van der Waals surface area contributed by atoms with Crippen LogP contribution in [0.25, 0.3) is 0 Å². The van der Waals surface area contributed by atoms with Gasteiger partial charge in [0.25, 0.3) is 0 Å². The van der Waals surface area contributed by atoms with E-state index in [1.807, 2.05) is 0 Å². The molecule has 0 aromatic carbocycles. The first-order valence-corrected chi connectivity index (χ1v) is 5.30. The van der Waals surface area contributed by atoms with E-state index >= 15 is 0 Å². The van der Waals surface area contributed by atoms with Gasteiger partial charge in [0.05, 0.1) is 12.4 Å². The zero-order chi connectivity index (χ0) is 13.9. The molecule has 13 heteroatoms. The third kappa shape index (κ3) is 11.4. The molecular formula is C6H5Ca2O10P. The second kappa shape index (κ2) is 9.88. The minimum Gasteiger partial charge on any atom is -0.780 e. The Kier molecular flexibility index (Phi) is 13.0. The van der Waals surface area contributed by atoms with Crippen LogP contribution in [0, 0.1) is 0 Å². The smallest absolute Gasteiger partial charge is 0.780 e. The zero-order valence-electron chi connectivity index (χ0n) is 9.40. The average molecular weight is 348 g/mol. The molecule has 19 heavy (non-hydrogen) atoms. The van der Waals surface area contributed by atoms with Crippen molar-refractivity contribution in [2.45, 2.75) is 18.4 Å². The Morgan fingerprint density at radius 1 is 1.11 bits per heavy atom. The number of aliphatic carboxylic acids is 2. The molecule has 0 bridgehead atoms. The normalized spacial score (nSPS) is 13.2. The monoisotopic (exact) mass is 348 g/mol. The number of carboxylic acids is 2. The summed E-state index contributed by atoms with van der Waals surface area (Å²) in [5.74, 6) is -6.31. The molecule has 0 radical (unpaired) electrons. The summed E-state index contributed by atoms with van der Waals surface area (Å²) in [5, 5.41) is 29.6. The average Bonchev–Trinajstić information content (AvgIpc) is 1.96.